The fraction of sp³-hybridized carbons (Fsp3) is 0. The maximum Gasteiger partial charge on any atom is 0.182 e. The van der Waals surface area contributed by atoms with Gasteiger partial charge >= 0.3 is 0 Å². The quantitative estimate of drug-likeness (QED) is 0.578. The highest BCUT2D eigenvalue weighted by Crippen LogP contribution is 2.13. The lowest BCUT2D eigenvalue weighted by molar-refractivity contribution is 1.20. The van der Waals surface area contributed by atoms with Crippen LogP contribution in [0, 0.1) is 0 Å². The van der Waals surface area contributed by atoms with Gasteiger partial charge in [-0.2, -0.15) is 0 Å². The number of fused-ring (bicyclic) bond motifs is 1. The van der Waals surface area contributed by atoms with Crippen molar-refractivity contribution in [1.29, 1.82) is 0 Å². The highest BCUT2D eigenvalue weighted by Gasteiger charge is 2.00. The van der Waals surface area contributed by atoms with Gasteiger partial charge in [0, 0.05) is 0 Å². The molecule has 0 unspecified atom stereocenters. The fourth-order valence-corrected chi connectivity index (χ4v) is 0.918. The molecule has 0 aliphatic carbocycles. The van der Waals surface area contributed by atoms with Crippen LogP contribution < -0.4 is 0 Å². The normalized spacial score (nSPS) is 10.5. The molecular weight excluding hydrogens is 153 g/mol. The topological polar surface area (TPSA) is 54.5 Å². The number of aromatic amines is 1. The highest BCUT2D eigenvalue weighted by atomic mass is 35.5. The summed E-state index contributed by atoms with van der Waals surface area (Å²) in [6.45, 7) is 0. The molecule has 10 heavy (non-hydrogen) atoms. The molecule has 0 aliphatic heterocycles. The van der Waals surface area contributed by atoms with Crippen LogP contribution in [0.4, 0.5) is 0 Å². The Morgan fingerprint density at radius 1 is 1.30 bits per heavy atom. The smallest absolute Gasteiger partial charge is 0.182 e. The van der Waals surface area contributed by atoms with Gasteiger partial charge in [-0.15, -0.1) is 0 Å². The van der Waals surface area contributed by atoms with Crippen LogP contribution in [0.15, 0.2) is 12.7 Å². The van der Waals surface area contributed by atoms with E-state index in [1.54, 1.807) is 0 Å². The third kappa shape index (κ3) is 0.657. The van der Waals surface area contributed by atoms with Crippen molar-refractivity contribution in [3.05, 3.63) is 17.8 Å². The Kier molecular flexibility index (Phi) is 1.07. The van der Waals surface area contributed by atoms with Gasteiger partial charge in [0.1, 0.15) is 11.8 Å². The first-order valence-corrected chi connectivity index (χ1v) is 3.05. The highest BCUT2D eigenvalue weighted by molar-refractivity contribution is 6.33. The summed E-state index contributed by atoms with van der Waals surface area (Å²) in [5.74, 6) is 0. The molecule has 0 aliphatic rings. The van der Waals surface area contributed by atoms with E-state index in [-0.39, 0.29) is 0 Å². The third-order valence-electron chi connectivity index (χ3n) is 1.18. The lowest BCUT2D eigenvalue weighted by atomic mass is 10.6. The van der Waals surface area contributed by atoms with Crippen molar-refractivity contribution in [3.63, 3.8) is 0 Å². The van der Waals surface area contributed by atoms with Gasteiger partial charge in [0.25, 0.3) is 0 Å². The van der Waals surface area contributed by atoms with Gasteiger partial charge in [-0.05, 0) is 0 Å². The Labute approximate surface area is 61.3 Å². The second kappa shape index (κ2) is 1.91. The molecule has 0 aromatic carbocycles. The SMILES string of the molecule is Clc1ncnc2[15n]c[nH]c12. The predicted octanol–water partition coefficient (Wildman–Crippen LogP) is 1.01. The molecule has 0 amide bonds. The number of halogens is 1. The molecule has 4 nitrogen and oxygen atoms in total. The number of hydrogen-bond donors (Lipinski definition) is 1. The van der Waals surface area contributed by atoms with E-state index in [1.165, 1.54) is 12.7 Å². The van der Waals surface area contributed by atoms with Crippen molar-refractivity contribution in [2.75, 3.05) is 0 Å². The van der Waals surface area contributed by atoms with Crippen LogP contribution in [0.5, 0.6) is 0 Å². The second-order valence-electron chi connectivity index (χ2n) is 1.77. The average molecular weight is 156 g/mol. The van der Waals surface area contributed by atoms with Gasteiger partial charge in [0.15, 0.2) is 10.8 Å². The lowest BCUT2D eigenvalue weighted by Crippen LogP contribution is -1.80. The summed E-state index contributed by atoms with van der Waals surface area (Å²) in [6.07, 6.45) is 2.91. The number of nitrogens with one attached hydrogen (secondary N) is 1. The van der Waals surface area contributed by atoms with Gasteiger partial charge in [0.05, 0.1) is 6.33 Å². The van der Waals surface area contributed by atoms with Crippen LogP contribution in [0.25, 0.3) is 11.2 Å². The van der Waals surface area contributed by atoms with Gasteiger partial charge in [-0.3, -0.25) is 0 Å². The summed E-state index contributed by atoms with van der Waals surface area (Å²) in [7, 11) is 0. The molecular formula is C5H3ClN4. The van der Waals surface area contributed by atoms with Crippen molar-refractivity contribution in [2.45, 2.75) is 0 Å². The Morgan fingerprint density at radius 3 is 3.00 bits per heavy atom. The summed E-state index contributed by atoms with van der Waals surface area (Å²) >= 11 is 5.68. The Balaban J connectivity index is 2.95. The van der Waals surface area contributed by atoms with E-state index in [2.05, 4.69) is 19.9 Å². The van der Waals surface area contributed by atoms with E-state index in [0.717, 1.165) is 0 Å². The van der Waals surface area contributed by atoms with Crippen LogP contribution >= 0.6 is 11.6 Å². The molecule has 2 rings (SSSR count). The summed E-state index contributed by atoms with van der Waals surface area (Å²) < 4.78 is 0. The number of nitrogens with zero attached hydrogens (tertiary/aromatic N) is 3. The van der Waals surface area contributed by atoms with Crippen LogP contribution in [0.1, 0.15) is 0 Å². The van der Waals surface area contributed by atoms with E-state index >= 15 is 0 Å². The number of imidazole rings is 1. The predicted molar refractivity (Wildman–Crippen MR) is 36.7 cm³/mol. The van der Waals surface area contributed by atoms with Crippen LogP contribution in [-0.4, -0.2) is 19.9 Å². The van der Waals surface area contributed by atoms with E-state index < -0.39 is 0 Å². The molecule has 0 saturated heterocycles. The number of H-pyrrole nitrogens is 1. The van der Waals surface area contributed by atoms with Crippen LogP contribution in [-0.2, 0) is 0 Å². The molecule has 2 heterocycles. The number of hydrogen-bond acceptors (Lipinski definition) is 3. The molecule has 0 spiro atoms. The minimum absolute atomic E-state index is 0.405. The monoisotopic (exact) mass is 155 g/mol. The molecule has 1 N–H and O–H groups in total. The Hall–Kier alpha value is -1.16. The zero-order valence-corrected chi connectivity index (χ0v) is 5.63. The lowest BCUT2D eigenvalue weighted by Gasteiger charge is -1.86. The number of aromatic nitrogens is 4. The zero-order chi connectivity index (χ0) is 6.97. The van der Waals surface area contributed by atoms with E-state index in [4.69, 9.17) is 11.6 Å². The second-order valence-corrected chi connectivity index (χ2v) is 2.12. The van der Waals surface area contributed by atoms with Crippen molar-refractivity contribution >= 4 is 22.8 Å². The first-order valence-electron chi connectivity index (χ1n) is 2.67. The average Bonchev–Trinajstić information content (AvgIpc) is 2.36. The summed E-state index contributed by atoms with van der Waals surface area (Å²) in [4.78, 5) is 14.3. The third-order valence-corrected chi connectivity index (χ3v) is 1.46. The van der Waals surface area contributed by atoms with E-state index in [1.807, 2.05) is 0 Å². The number of rotatable bonds is 0. The van der Waals surface area contributed by atoms with Crippen molar-refractivity contribution < 1.29 is 0 Å². The minimum Gasteiger partial charge on any atom is -0.341 e. The molecule has 0 bridgehead atoms. The van der Waals surface area contributed by atoms with Gasteiger partial charge < -0.3 is 4.98 Å². The molecule has 5 heteroatoms. The van der Waals surface area contributed by atoms with Gasteiger partial charge in [-0.1, -0.05) is 11.6 Å². The molecule has 0 saturated carbocycles. The van der Waals surface area contributed by atoms with Crippen molar-refractivity contribution in [1.82, 2.24) is 19.9 Å². The Morgan fingerprint density at radius 2 is 2.20 bits per heavy atom. The zero-order valence-electron chi connectivity index (χ0n) is 4.87. The molecule has 0 atom stereocenters. The summed E-state index contributed by atoms with van der Waals surface area (Å²) in [5, 5.41) is 0.405. The van der Waals surface area contributed by atoms with Gasteiger partial charge in [0.2, 0.25) is 0 Å². The molecule has 50 valence electrons. The summed E-state index contributed by atoms with van der Waals surface area (Å²) in [6, 6.07) is 0. The maximum absolute atomic E-state index is 5.68. The van der Waals surface area contributed by atoms with Crippen molar-refractivity contribution in [3.8, 4) is 0 Å². The first kappa shape index (κ1) is 5.61. The largest absolute Gasteiger partial charge is 0.341 e. The molecule has 0 radical (unpaired) electrons. The first-order chi connectivity index (χ1) is 4.88. The summed E-state index contributed by atoms with van der Waals surface area (Å²) in [5.41, 5.74) is 1.28. The fourth-order valence-electron chi connectivity index (χ4n) is 0.736. The van der Waals surface area contributed by atoms with Crippen LogP contribution in [0.2, 0.25) is 5.15 Å². The van der Waals surface area contributed by atoms with Crippen LogP contribution in [0.3, 0.4) is 0 Å². The van der Waals surface area contributed by atoms with Gasteiger partial charge in [-0.25, -0.2) is 15.0 Å². The minimum atomic E-state index is 0.405. The molecule has 2 aromatic rings. The molecule has 2 aromatic heterocycles. The standard InChI is InChI=1S/C5H3ClN4/c6-4-3-5(9-1-7-3)10-2-8-4/h1-2H,(H,7,8,9,10)/i9+1. The van der Waals surface area contributed by atoms with Crippen molar-refractivity contribution in [2.24, 2.45) is 0 Å². The van der Waals surface area contributed by atoms with E-state index in [0.29, 0.717) is 16.3 Å². The van der Waals surface area contributed by atoms with E-state index in [9.17, 15) is 0 Å². The maximum atomic E-state index is 5.68. The Bertz CT molecular complexity index is 355. The molecule has 0 fully saturated rings.